The van der Waals surface area contributed by atoms with Crippen molar-refractivity contribution in [2.75, 3.05) is 6.54 Å². The Bertz CT molecular complexity index is 316. The van der Waals surface area contributed by atoms with Crippen LogP contribution in [0, 0.1) is 5.82 Å². The van der Waals surface area contributed by atoms with Gasteiger partial charge in [-0.1, -0.05) is 11.6 Å². The van der Waals surface area contributed by atoms with Crippen molar-refractivity contribution in [2.24, 2.45) is 0 Å². The molecule has 0 saturated heterocycles. The van der Waals surface area contributed by atoms with Crippen LogP contribution < -0.4 is 5.32 Å². The molecule has 0 bridgehead atoms. The Kier molecular flexibility index (Phi) is 4.08. The lowest BCUT2D eigenvalue weighted by Crippen LogP contribution is -2.34. The highest BCUT2D eigenvalue weighted by molar-refractivity contribution is 6.30. The van der Waals surface area contributed by atoms with Crippen molar-refractivity contribution in [3.8, 4) is 0 Å². The number of halogens is 2. The highest BCUT2D eigenvalue weighted by Crippen LogP contribution is 2.14. The van der Waals surface area contributed by atoms with Gasteiger partial charge in [0.1, 0.15) is 5.82 Å². The molecule has 1 aromatic carbocycles. The third-order valence-electron chi connectivity index (χ3n) is 1.81. The molecule has 0 aliphatic heterocycles. The molecule has 0 aliphatic rings. The van der Waals surface area contributed by atoms with Gasteiger partial charge in [-0.3, -0.25) is 0 Å². The Hall–Kier alpha value is -0.640. The molecular weight excluding hydrogens is 217 g/mol. The summed E-state index contributed by atoms with van der Waals surface area (Å²) in [5.74, 6) is -0.345. The molecule has 84 valence electrons. The molecule has 15 heavy (non-hydrogen) atoms. The van der Waals surface area contributed by atoms with Crippen molar-refractivity contribution in [2.45, 2.75) is 26.0 Å². The van der Waals surface area contributed by atoms with E-state index in [0.717, 1.165) is 5.56 Å². The molecule has 0 atom stereocenters. The predicted octanol–water partition coefficient (Wildman–Crippen LogP) is 2.34. The standard InChI is InChI=1S/C11H15ClFNO/c1-11(2,15)7-14-6-8-3-9(12)5-10(13)4-8/h3-5,14-15H,6-7H2,1-2H3. The third-order valence-corrected chi connectivity index (χ3v) is 2.03. The van der Waals surface area contributed by atoms with Crippen LogP contribution in [-0.4, -0.2) is 17.3 Å². The molecule has 1 rings (SSSR count). The number of benzene rings is 1. The summed E-state index contributed by atoms with van der Waals surface area (Å²) in [5.41, 5.74) is 0.00108. The van der Waals surface area contributed by atoms with E-state index in [0.29, 0.717) is 18.1 Å². The summed E-state index contributed by atoms with van der Waals surface area (Å²) < 4.78 is 12.9. The van der Waals surface area contributed by atoms with Gasteiger partial charge < -0.3 is 10.4 Å². The maximum absolute atomic E-state index is 12.9. The minimum atomic E-state index is -0.767. The molecule has 0 aromatic heterocycles. The van der Waals surface area contributed by atoms with Crippen LogP contribution in [0.15, 0.2) is 18.2 Å². The summed E-state index contributed by atoms with van der Waals surface area (Å²) in [5, 5.41) is 12.8. The average molecular weight is 232 g/mol. The summed E-state index contributed by atoms with van der Waals surface area (Å²) in [6, 6.07) is 4.38. The Balaban J connectivity index is 2.51. The largest absolute Gasteiger partial charge is 0.389 e. The molecule has 0 radical (unpaired) electrons. The van der Waals surface area contributed by atoms with E-state index in [1.54, 1.807) is 19.9 Å². The van der Waals surface area contributed by atoms with Crippen molar-refractivity contribution < 1.29 is 9.50 Å². The molecule has 2 N–H and O–H groups in total. The van der Waals surface area contributed by atoms with Gasteiger partial charge in [-0.25, -0.2) is 4.39 Å². The van der Waals surface area contributed by atoms with Crippen molar-refractivity contribution >= 4 is 11.6 Å². The fourth-order valence-electron chi connectivity index (χ4n) is 1.23. The lowest BCUT2D eigenvalue weighted by Gasteiger charge is -2.17. The lowest BCUT2D eigenvalue weighted by molar-refractivity contribution is 0.0795. The summed E-state index contributed by atoms with van der Waals surface area (Å²) in [6.45, 7) is 4.35. The van der Waals surface area contributed by atoms with Gasteiger partial charge >= 0.3 is 0 Å². The number of aliphatic hydroxyl groups is 1. The van der Waals surface area contributed by atoms with E-state index in [2.05, 4.69) is 5.32 Å². The summed E-state index contributed by atoms with van der Waals surface area (Å²) in [4.78, 5) is 0. The fraction of sp³-hybridized carbons (Fsp3) is 0.455. The normalized spacial score (nSPS) is 11.8. The predicted molar refractivity (Wildman–Crippen MR) is 59.4 cm³/mol. The maximum Gasteiger partial charge on any atom is 0.125 e. The Morgan fingerprint density at radius 1 is 1.40 bits per heavy atom. The topological polar surface area (TPSA) is 32.3 Å². The van der Waals surface area contributed by atoms with E-state index in [-0.39, 0.29) is 5.82 Å². The first-order valence-electron chi connectivity index (χ1n) is 4.75. The Morgan fingerprint density at radius 3 is 2.60 bits per heavy atom. The van der Waals surface area contributed by atoms with Crippen LogP contribution in [0.2, 0.25) is 5.02 Å². The molecule has 0 fully saturated rings. The molecule has 0 saturated carbocycles. The van der Waals surface area contributed by atoms with E-state index in [4.69, 9.17) is 11.6 Å². The van der Waals surface area contributed by atoms with E-state index < -0.39 is 5.60 Å². The second-order valence-corrected chi connectivity index (χ2v) is 4.63. The van der Waals surface area contributed by atoms with Gasteiger partial charge in [0.05, 0.1) is 5.60 Å². The highest BCUT2D eigenvalue weighted by Gasteiger charge is 2.11. The molecule has 0 spiro atoms. The number of nitrogens with one attached hydrogen (secondary N) is 1. The van der Waals surface area contributed by atoms with Crippen LogP contribution in [-0.2, 0) is 6.54 Å². The zero-order chi connectivity index (χ0) is 11.5. The van der Waals surface area contributed by atoms with Gasteiger partial charge in [-0.2, -0.15) is 0 Å². The first kappa shape index (κ1) is 12.4. The number of rotatable bonds is 4. The molecule has 2 nitrogen and oxygen atoms in total. The summed E-state index contributed by atoms with van der Waals surface area (Å²) in [7, 11) is 0. The first-order valence-corrected chi connectivity index (χ1v) is 5.13. The van der Waals surface area contributed by atoms with Crippen LogP contribution >= 0.6 is 11.6 Å². The Morgan fingerprint density at radius 2 is 2.07 bits per heavy atom. The quantitative estimate of drug-likeness (QED) is 0.834. The molecular formula is C11H15ClFNO. The maximum atomic E-state index is 12.9. The molecule has 1 aromatic rings. The van der Waals surface area contributed by atoms with Crippen molar-refractivity contribution in [3.05, 3.63) is 34.6 Å². The van der Waals surface area contributed by atoms with Crippen LogP contribution in [0.3, 0.4) is 0 Å². The van der Waals surface area contributed by atoms with E-state index in [1.165, 1.54) is 12.1 Å². The van der Waals surface area contributed by atoms with Crippen molar-refractivity contribution in [3.63, 3.8) is 0 Å². The van der Waals surface area contributed by atoms with Gasteiger partial charge in [0.25, 0.3) is 0 Å². The van der Waals surface area contributed by atoms with Gasteiger partial charge in [-0.05, 0) is 37.6 Å². The second kappa shape index (κ2) is 4.92. The lowest BCUT2D eigenvalue weighted by atomic mass is 10.1. The molecule has 0 aliphatic carbocycles. The monoisotopic (exact) mass is 231 g/mol. The summed E-state index contributed by atoms with van der Waals surface area (Å²) >= 11 is 5.70. The SMILES string of the molecule is CC(C)(O)CNCc1cc(F)cc(Cl)c1. The van der Waals surface area contributed by atoms with Gasteiger partial charge in [0.15, 0.2) is 0 Å². The van der Waals surface area contributed by atoms with Crippen LogP contribution in [0.4, 0.5) is 4.39 Å². The smallest absolute Gasteiger partial charge is 0.125 e. The van der Waals surface area contributed by atoms with Gasteiger partial charge in [0.2, 0.25) is 0 Å². The first-order chi connectivity index (χ1) is 6.87. The fourth-order valence-corrected chi connectivity index (χ4v) is 1.47. The van der Waals surface area contributed by atoms with Crippen LogP contribution in [0.25, 0.3) is 0 Å². The van der Waals surface area contributed by atoms with Crippen molar-refractivity contribution in [1.82, 2.24) is 5.32 Å². The molecule has 0 unspecified atom stereocenters. The number of hydrogen-bond acceptors (Lipinski definition) is 2. The average Bonchev–Trinajstić information content (AvgIpc) is 1.99. The van der Waals surface area contributed by atoms with Crippen LogP contribution in [0.5, 0.6) is 0 Å². The van der Waals surface area contributed by atoms with Gasteiger partial charge in [0, 0.05) is 18.1 Å². The van der Waals surface area contributed by atoms with E-state index in [9.17, 15) is 9.50 Å². The third kappa shape index (κ3) is 5.11. The summed E-state index contributed by atoms with van der Waals surface area (Å²) in [6.07, 6.45) is 0. The minimum Gasteiger partial charge on any atom is -0.389 e. The van der Waals surface area contributed by atoms with E-state index in [1.807, 2.05) is 0 Å². The highest BCUT2D eigenvalue weighted by atomic mass is 35.5. The Labute approximate surface area is 94.1 Å². The van der Waals surface area contributed by atoms with Gasteiger partial charge in [-0.15, -0.1) is 0 Å². The molecule has 4 heteroatoms. The zero-order valence-electron chi connectivity index (χ0n) is 8.85. The van der Waals surface area contributed by atoms with Crippen molar-refractivity contribution in [1.29, 1.82) is 0 Å². The van der Waals surface area contributed by atoms with Crippen LogP contribution in [0.1, 0.15) is 19.4 Å². The second-order valence-electron chi connectivity index (χ2n) is 4.19. The zero-order valence-corrected chi connectivity index (χ0v) is 9.61. The number of hydrogen-bond donors (Lipinski definition) is 2. The molecule has 0 heterocycles. The minimum absolute atomic E-state index is 0.345. The van der Waals surface area contributed by atoms with E-state index >= 15 is 0 Å². The molecule has 0 amide bonds.